The van der Waals surface area contributed by atoms with Crippen molar-refractivity contribution in [3.63, 3.8) is 0 Å². The summed E-state index contributed by atoms with van der Waals surface area (Å²) in [4.78, 5) is 20.8. The average molecular weight is 381 g/mol. The molecule has 0 N–H and O–H groups in total. The van der Waals surface area contributed by atoms with E-state index in [1.807, 2.05) is 0 Å². The van der Waals surface area contributed by atoms with Crippen molar-refractivity contribution in [3.05, 3.63) is 29.2 Å². The lowest BCUT2D eigenvalue weighted by Gasteiger charge is -2.49. The zero-order chi connectivity index (χ0) is 19.3. The Morgan fingerprint density at radius 2 is 1.96 bits per heavy atom. The van der Waals surface area contributed by atoms with Crippen molar-refractivity contribution < 1.29 is 18.0 Å². The Morgan fingerprint density at radius 1 is 1.22 bits per heavy atom. The molecule has 2 fully saturated rings. The van der Waals surface area contributed by atoms with Crippen LogP contribution in [0.4, 0.5) is 13.2 Å². The van der Waals surface area contributed by atoms with Gasteiger partial charge in [-0.2, -0.15) is 18.3 Å². The fourth-order valence-corrected chi connectivity index (χ4v) is 4.06. The highest BCUT2D eigenvalue weighted by molar-refractivity contribution is 5.94. The lowest BCUT2D eigenvalue weighted by Crippen LogP contribution is -2.63. The number of halogens is 3. The van der Waals surface area contributed by atoms with E-state index in [2.05, 4.69) is 21.9 Å². The second kappa shape index (κ2) is 6.47. The lowest BCUT2D eigenvalue weighted by molar-refractivity contribution is -0.142. The molecule has 0 aromatic carbocycles. The summed E-state index contributed by atoms with van der Waals surface area (Å²) in [6, 6.07) is 3.11. The summed E-state index contributed by atoms with van der Waals surface area (Å²) in [6.45, 7) is 5.92. The highest BCUT2D eigenvalue weighted by Gasteiger charge is 2.39. The Hall–Kier alpha value is -2.16. The summed E-state index contributed by atoms with van der Waals surface area (Å²) in [5.41, 5.74) is -0.652. The molecule has 9 heteroatoms. The Labute approximate surface area is 155 Å². The van der Waals surface area contributed by atoms with E-state index in [4.69, 9.17) is 0 Å². The van der Waals surface area contributed by atoms with Gasteiger partial charge in [0.1, 0.15) is 5.69 Å². The van der Waals surface area contributed by atoms with Crippen LogP contribution in [0, 0.1) is 6.92 Å². The fourth-order valence-electron chi connectivity index (χ4n) is 4.06. The van der Waals surface area contributed by atoms with Crippen molar-refractivity contribution in [2.45, 2.75) is 51.4 Å². The molecule has 0 bridgehead atoms. The second-order valence-corrected chi connectivity index (χ2v) is 7.53. The molecule has 4 rings (SSSR count). The Kier molecular flexibility index (Phi) is 4.37. The van der Waals surface area contributed by atoms with Gasteiger partial charge in [-0.1, -0.05) is 6.42 Å². The number of likely N-dealkylation sites (tertiary alicyclic amines) is 2. The number of amides is 1. The van der Waals surface area contributed by atoms with Gasteiger partial charge < -0.3 is 4.90 Å². The van der Waals surface area contributed by atoms with Gasteiger partial charge in [0, 0.05) is 36.9 Å². The van der Waals surface area contributed by atoms with Crippen LogP contribution in [-0.2, 0) is 6.18 Å². The van der Waals surface area contributed by atoms with Crippen LogP contribution in [0.15, 0.2) is 12.1 Å². The molecule has 1 amide bonds. The summed E-state index contributed by atoms with van der Waals surface area (Å²) in [7, 11) is 0. The standard InChI is InChI=1S/C18H22F3N5O/c1-11-7-15(18(19,20)21)26-16(22-11)8-14(23-26)17(27)24-9-13(10-24)25-6-4-3-5-12(25)2/h7-8,12-13H,3-6,9-10H2,1-2H3/t12-/m0/s1. The van der Waals surface area contributed by atoms with Crippen LogP contribution in [0.3, 0.4) is 0 Å². The normalized spacial score (nSPS) is 22.3. The third kappa shape index (κ3) is 3.28. The Morgan fingerprint density at radius 3 is 2.63 bits per heavy atom. The van der Waals surface area contributed by atoms with Gasteiger partial charge in [0.15, 0.2) is 11.3 Å². The molecule has 0 radical (unpaired) electrons. The first-order chi connectivity index (χ1) is 12.7. The number of hydrogen-bond donors (Lipinski definition) is 0. The van der Waals surface area contributed by atoms with Gasteiger partial charge in [-0.3, -0.25) is 9.69 Å². The van der Waals surface area contributed by atoms with Crippen molar-refractivity contribution in [1.29, 1.82) is 0 Å². The number of rotatable bonds is 2. The van der Waals surface area contributed by atoms with E-state index in [0.29, 0.717) is 29.7 Å². The maximum absolute atomic E-state index is 13.2. The van der Waals surface area contributed by atoms with E-state index in [9.17, 15) is 18.0 Å². The van der Waals surface area contributed by atoms with Crippen LogP contribution >= 0.6 is 0 Å². The van der Waals surface area contributed by atoms with Crippen molar-refractivity contribution >= 4 is 11.6 Å². The predicted octanol–water partition coefficient (Wildman–Crippen LogP) is 2.76. The minimum atomic E-state index is -4.56. The summed E-state index contributed by atoms with van der Waals surface area (Å²) < 4.78 is 40.5. The zero-order valence-electron chi connectivity index (χ0n) is 15.3. The van der Waals surface area contributed by atoms with Gasteiger partial charge in [-0.05, 0) is 39.3 Å². The molecule has 1 atom stereocenters. The van der Waals surface area contributed by atoms with Crippen LogP contribution < -0.4 is 0 Å². The molecule has 6 nitrogen and oxygen atoms in total. The summed E-state index contributed by atoms with van der Waals surface area (Å²) >= 11 is 0. The molecule has 4 heterocycles. The minimum absolute atomic E-state index is 0.00347. The first-order valence-corrected chi connectivity index (χ1v) is 9.23. The van der Waals surface area contributed by atoms with Crippen LogP contribution in [0.5, 0.6) is 0 Å². The molecule has 0 unspecified atom stereocenters. The summed E-state index contributed by atoms with van der Waals surface area (Å²) in [6.07, 6.45) is -0.985. The molecule has 2 aliphatic rings. The van der Waals surface area contributed by atoms with Crippen LogP contribution in [0.2, 0.25) is 0 Å². The highest BCUT2D eigenvalue weighted by atomic mass is 19.4. The largest absolute Gasteiger partial charge is 0.433 e. The number of piperidine rings is 1. The monoisotopic (exact) mass is 381 g/mol. The number of carbonyl (C=O) groups excluding carboxylic acids is 1. The first-order valence-electron chi connectivity index (χ1n) is 9.23. The SMILES string of the molecule is Cc1cc(C(F)(F)F)n2nc(C(=O)N3CC(N4CCCC[C@@H]4C)C3)cc2n1. The van der Waals surface area contributed by atoms with Crippen LogP contribution in [-0.4, -0.2) is 62.0 Å². The maximum atomic E-state index is 13.2. The minimum Gasteiger partial charge on any atom is -0.334 e. The van der Waals surface area contributed by atoms with E-state index < -0.39 is 11.9 Å². The van der Waals surface area contributed by atoms with Crippen LogP contribution in [0.25, 0.3) is 5.65 Å². The first kappa shape index (κ1) is 18.2. The molecule has 0 saturated carbocycles. The van der Waals surface area contributed by atoms with Gasteiger partial charge in [0.05, 0.1) is 0 Å². The number of fused-ring (bicyclic) bond motifs is 1. The molecule has 146 valence electrons. The Balaban J connectivity index is 1.53. The Bertz CT molecular complexity index is 872. The van der Waals surface area contributed by atoms with E-state index >= 15 is 0 Å². The summed E-state index contributed by atoms with van der Waals surface area (Å²) in [5, 5.41) is 3.90. The zero-order valence-corrected chi connectivity index (χ0v) is 15.3. The van der Waals surface area contributed by atoms with Gasteiger partial charge in [-0.25, -0.2) is 9.50 Å². The van der Waals surface area contributed by atoms with E-state index in [-0.39, 0.29) is 22.9 Å². The number of nitrogens with zero attached hydrogens (tertiary/aromatic N) is 5. The molecule has 0 spiro atoms. The number of aromatic nitrogens is 3. The fraction of sp³-hybridized carbons (Fsp3) is 0.611. The summed E-state index contributed by atoms with van der Waals surface area (Å²) in [5.74, 6) is -0.341. The molecular weight excluding hydrogens is 359 g/mol. The quantitative estimate of drug-likeness (QED) is 0.803. The average Bonchev–Trinajstić information content (AvgIpc) is 2.97. The third-order valence-corrected chi connectivity index (χ3v) is 5.54. The highest BCUT2D eigenvalue weighted by Crippen LogP contribution is 2.30. The number of alkyl halides is 3. The molecule has 2 aromatic rings. The number of hydrogen-bond acceptors (Lipinski definition) is 4. The molecule has 2 aliphatic heterocycles. The molecule has 0 aliphatic carbocycles. The van der Waals surface area contributed by atoms with Gasteiger partial charge in [0.2, 0.25) is 0 Å². The predicted molar refractivity (Wildman–Crippen MR) is 92.4 cm³/mol. The van der Waals surface area contributed by atoms with Gasteiger partial charge in [-0.15, -0.1) is 0 Å². The second-order valence-electron chi connectivity index (χ2n) is 7.53. The molecular formula is C18H22F3N5O. The molecule has 2 saturated heterocycles. The van der Waals surface area contributed by atoms with E-state index in [1.165, 1.54) is 32.3 Å². The van der Waals surface area contributed by atoms with Gasteiger partial charge >= 0.3 is 6.18 Å². The molecule has 27 heavy (non-hydrogen) atoms. The lowest BCUT2D eigenvalue weighted by atomic mass is 9.97. The van der Waals surface area contributed by atoms with E-state index in [1.54, 1.807) is 4.90 Å². The van der Waals surface area contributed by atoms with Crippen molar-refractivity contribution in [3.8, 4) is 0 Å². The number of aryl methyl sites for hydroxylation is 1. The van der Waals surface area contributed by atoms with Crippen molar-refractivity contribution in [2.24, 2.45) is 0 Å². The third-order valence-electron chi connectivity index (χ3n) is 5.54. The smallest absolute Gasteiger partial charge is 0.334 e. The van der Waals surface area contributed by atoms with Crippen LogP contribution in [0.1, 0.15) is 48.1 Å². The van der Waals surface area contributed by atoms with E-state index in [0.717, 1.165) is 12.6 Å². The van der Waals surface area contributed by atoms with Gasteiger partial charge in [0.25, 0.3) is 5.91 Å². The molecule has 2 aromatic heterocycles. The topological polar surface area (TPSA) is 53.7 Å². The maximum Gasteiger partial charge on any atom is 0.433 e. The van der Waals surface area contributed by atoms with Crippen molar-refractivity contribution in [2.75, 3.05) is 19.6 Å². The van der Waals surface area contributed by atoms with Crippen molar-refractivity contribution in [1.82, 2.24) is 24.4 Å². The number of carbonyl (C=O) groups is 1.